The van der Waals surface area contributed by atoms with Crippen molar-refractivity contribution in [1.29, 1.82) is 0 Å². The first-order valence-corrected chi connectivity index (χ1v) is 14.5. The van der Waals surface area contributed by atoms with Crippen molar-refractivity contribution in [2.24, 2.45) is 5.11 Å². The van der Waals surface area contributed by atoms with Crippen molar-refractivity contribution >= 4 is 52.7 Å². The van der Waals surface area contributed by atoms with Crippen LogP contribution in [0.3, 0.4) is 0 Å². The average molecular weight is 678 g/mol. The van der Waals surface area contributed by atoms with E-state index in [4.69, 9.17) is 42.6 Å². The Kier molecular flexibility index (Phi) is 14.7. The molecular weight excluding hydrogens is 642 g/mol. The van der Waals surface area contributed by atoms with Crippen LogP contribution in [0.5, 0.6) is 0 Å². The van der Waals surface area contributed by atoms with E-state index >= 15 is 0 Å². The molecule has 0 bridgehead atoms. The fraction of sp³-hybridized carbons (Fsp3) is 0.731. The molecule has 20 heteroatoms. The van der Waals surface area contributed by atoms with Crippen LogP contribution in [-0.4, -0.2) is 115 Å². The van der Waals surface area contributed by atoms with Gasteiger partial charge in [0.15, 0.2) is 29.7 Å². The Morgan fingerprint density at radius 2 is 1.09 bits per heavy atom. The molecule has 0 aromatic carbocycles. The van der Waals surface area contributed by atoms with E-state index in [1.54, 1.807) is 0 Å². The number of hydrogen-bond donors (Lipinski definition) is 0. The standard InChI is InChI=1S/C26H35N3O16S/c1-10(30)37-8-17-21(39-12(3)32)23(41-14(5)34)24(42-15(6)35)25(43-17)45-20-18(9-38-11(2)31)44-26(46-16(7)36)19(28-29-27)22(20)40-13(4)33/h17-26H,8-9H2,1-7H3/t17-,18-,19-,20-,21+,22-,23+,24-,25+,26+/m1/s1. The molecule has 2 aliphatic rings. The van der Waals surface area contributed by atoms with E-state index in [1.807, 2.05) is 0 Å². The SMILES string of the molecule is CC(=O)OC[C@H]1O[C@@H](O[C@H]2[C@H](OC(C)=O)[C@@H](N=[N+]=[N-])[C@H](SC(C)=O)O[C@@H]2COC(C)=O)[C@H](OC(C)=O)[C@@H](OC(C)=O)[C@H]1OC(C)=O. The quantitative estimate of drug-likeness (QED) is 0.0902. The van der Waals surface area contributed by atoms with E-state index in [-0.39, 0.29) is 0 Å². The van der Waals surface area contributed by atoms with Crippen molar-refractivity contribution in [2.75, 3.05) is 13.2 Å². The molecular formula is C26H35N3O16S. The number of thioether (sulfide) groups is 1. The Bertz CT molecular complexity index is 1230. The average Bonchev–Trinajstić information content (AvgIpc) is 2.91. The smallest absolute Gasteiger partial charge is 0.303 e. The van der Waals surface area contributed by atoms with Crippen LogP contribution >= 0.6 is 11.8 Å². The number of nitrogens with zero attached hydrogens (tertiary/aromatic N) is 3. The summed E-state index contributed by atoms with van der Waals surface area (Å²) < 4.78 is 50.0. The van der Waals surface area contributed by atoms with Gasteiger partial charge in [-0.15, -0.1) is 0 Å². The van der Waals surface area contributed by atoms with Crippen LogP contribution in [0.2, 0.25) is 0 Å². The van der Waals surface area contributed by atoms with Gasteiger partial charge in [-0.05, 0) is 5.53 Å². The van der Waals surface area contributed by atoms with Gasteiger partial charge in [-0.1, -0.05) is 16.9 Å². The van der Waals surface area contributed by atoms with Gasteiger partial charge in [-0.3, -0.25) is 33.6 Å². The van der Waals surface area contributed by atoms with Gasteiger partial charge < -0.3 is 42.6 Å². The molecule has 0 aromatic rings. The molecule has 2 saturated heterocycles. The summed E-state index contributed by atoms with van der Waals surface area (Å²) in [7, 11) is 0. The predicted octanol–water partition coefficient (Wildman–Crippen LogP) is 0.633. The number of azide groups is 1. The number of ether oxygens (including phenoxy) is 9. The van der Waals surface area contributed by atoms with Gasteiger partial charge in [0.25, 0.3) is 0 Å². The number of carbonyl (C=O) groups excluding carboxylic acids is 7. The van der Waals surface area contributed by atoms with Crippen molar-refractivity contribution in [2.45, 2.75) is 109 Å². The zero-order chi connectivity index (χ0) is 34.7. The van der Waals surface area contributed by atoms with E-state index in [0.717, 1.165) is 41.5 Å². The van der Waals surface area contributed by atoms with Gasteiger partial charge in [0, 0.05) is 53.4 Å². The molecule has 0 saturated carbocycles. The largest absolute Gasteiger partial charge is 0.463 e. The highest BCUT2D eigenvalue weighted by Gasteiger charge is 2.56. The highest BCUT2D eigenvalue weighted by atomic mass is 32.2. The second kappa shape index (κ2) is 17.7. The van der Waals surface area contributed by atoms with Gasteiger partial charge in [0.1, 0.15) is 49.1 Å². The Hall–Kier alpha value is -3.97. The minimum absolute atomic E-state index is 0.463. The lowest BCUT2D eigenvalue weighted by molar-refractivity contribution is -0.336. The summed E-state index contributed by atoms with van der Waals surface area (Å²) >= 11 is 0.604. The van der Waals surface area contributed by atoms with Gasteiger partial charge in [-0.2, -0.15) is 0 Å². The highest BCUT2D eigenvalue weighted by molar-refractivity contribution is 8.14. The van der Waals surface area contributed by atoms with Crippen molar-refractivity contribution in [3.63, 3.8) is 0 Å². The molecule has 2 rings (SSSR count). The first kappa shape index (κ1) is 38.2. The first-order chi connectivity index (χ1) is 21.5. The third-order valence-corrected chi connectivity index (χ3v) is 7.03. The lowest BCUT2D eigenvalue weighted by atomic mass is 9.96. The van der Waals surface area contributed by atoms with Crippen LogP contribution < -0.4 is 0 Å². The summed E-state index contributed by atoms with van der Waals surface area (Å²) in [6, 6.07) is -1.41. The minimum atomic E-state index is -1.78. The molecule has 0 unspecified atom stereocenters. The molecule has 0 spiro atoms. The molecule has 256 valence electrons. The fourth-order valence-electron chi connectivity index (χ4n) is 4.61. The third kappa shape index (κ3) is 11.4. The summed E-state index contributed by atoms with van der Waals surface area (Å²) in [5.41, 5.74) is 8.06. The molecule has 0 aliphatic carbocycles. The molecule has 2 heterocycles. The zero-order valence-corrected chi connectivity index (χ0v) is 26.8. The predicted molar refractivity (Wildman–Crippen MR) is 149 cm³/mol. The topological polar surface area (TPSA) is 251 Å². The lowest BCUT2D eigenvalue weighted by Gasteiger charge is -2.48. The summed E-state index contributed by atoms with van der Waals surface area (Å²) in [4.78, 5) is 86.9. The van der Waals surface area contributed by atoms with Gasteiger partial charge >= 0.3 is 35.8 Å². The van der Waals surface area contributed by atoms with Crippen LogP contribution in [0.15, 0.2) is 5.11 Å². The molecule has 19 nitrogen and oxygen atoms in total. The minimum Gasteiger partial charge on any atom is -0.463 e. The van der Waals surface area contributed by atoms with Gasteiger partial charge in [-0.25, -0.2) is 0 Å². The van der Waals surface area contributed by atoms with Crippen molar-refractivity contribution in [1.82, 2.24) is 0 Å². The highest BCUT2D eigenvalue weighted by Crippen LogP contribution is 2.37. The maximum Gasteiger partial charge on any atom is 0.303 e. The number of hydrogen-bond acceptors (Lipinski definition) is 18. The summed E-state index contributed by atoms with van der Waals surface area (Å²) in [5, 5.41) is 3.20. The summed E-state index contributed by atoms with van der Waals surface area (Å²) in [6.07, 6.45) is -12.4. The molecule has 0 aromatic heterocycles. The molecule has 0 radical (unpaired) electrons. The van der Waals surface area contributed by atoms with Gasteiger partial charge in [0.05, 0.1) is 0 Å². The third-order valence-electron chi connectivity index (χ3n) is 6.07. The maximum absolute atomic E-state index is 12.3. The molecule has 46 heavy (non-hydrogen) atoms. The lowest BCUT2D eigenvalue weighted by Crippen LogP contribution is -2.66. The van der Waals surface area contributed by atoms with E-state index in [9.17, 15) is 39.1 Å². The zero-order valence-electron chi connectivity index (χ0n) is 26.0. The Labute approximate surface area is 266 Å². The van der Waals surface area contributed by atoms with E-state index in [1.165, 1.54) is 6.92 Å². The fourth-order valence-corrected chi connectivity index (χ4v) is 5.49. The molecule has 2 fully saturated rings. The van der Waals surface area contributed by atoms with Crippen LogP contribution in [0, 0.1) is 0 Å². The van der Waals surface area contributed by atoms with E-state index < -0.39 is 115 Å². The summed E-state index contributed by atoms with van der Waals surface area (Å²) in [5.74, 6) is -5.05. The maximum atomic E-state index is 12.3. The van der Waals surface area contributed by atoms with Crippen LogP contribution in [-0.2, 0) is 76.2 Å². The van der Waals surface area contributed by atoms with Gasteiger partial charge in [0.2, 0.25) is 0 Å². The Balaban J connectivity index is 2.72. The molecule has 0 amide bonds. The van der Waals surface area contributed by atoms with Crippen molar-refractivity contribution < 1.29 is 76.2 Å². The monoisotopic (exact) mass is 677 g/mol. The second-order valence-electron chi connectivity index (χ2n) is 9.89. The molecule has 0 N–H and O–H groups in total. The number of carbonyl (C=O) groups is 7. The Morgan fingerprint density at radius 1 is 0.630 bits per heavy atom. The summed E-state index contributed by atoms with van der Waals surface area (Å²) in [6.45, 7) is 6.44. The first-order valence-electron chi connectivity index (χ1n) is 13.7. The van der Waals surface area contributed by atoms with Crippen LogP contribution in [0.4, 0.5) is 0 Å². The molecule has 2 aliphatic heterocycles. The molecule has 10 atom stereocenters. The Morgan fingerprint density at radius 3 is 1.54 bits per heavy atom. The normalized spacial score (nSPS) is 30.4. The van der Waals surface area contributed by atoms with Crippen LogP contribution in [0.1, 0.15) is 48.5 Å². The van der Waals surface area contributed by atoms with Crippen molar-refractivity contribution in [3.8, 4) is 0 Å². The van der Waals surface area contributed by atoms with Crippen LogP contribution in [0.25, 0.3) is 10.4 Å². The van der Waals surface area contributed by atoms with E-state index in [0.29, 0.717) is 11.8 Å². The number of esters is 6. The van der Waals surface area contributed by atoms with Crippen molar-refractivity contribution in [3.05, 3.63) is 10.4 Å². The van der Waals surface area contributed by atoms with E-state index in [2.05, 4.69) is 10.0 Å². The number of rotatable bonds is 12. The second-order valence-corrected chi connectivity index (χ2v) is 11.2.